The van der Waals surface area contributed by atoms with Gasteiger partial charge in [0.25, 0.3) is 0 Å². The number of primary amides is 2. The quantitative estimate of drug-likeness (QED) is 0.0504. The van der Waals surface area contributed by atoms with E-state index in [1.165, 1.54) is 0 Å². The Labute approximate surface area is 363 Å². The van der Waals surface area contributed by atoms with Gasteiger partial charge in [0.2, 0.25) is 47.3 Å². The second-order valence-electron chi connectivity index (χ2n) is 15.8. The van der Waals surface area contributed by atoms with Gasteiger partial charge >= 0.3 is 0 Å². The summed E-state index contributed by atoms with van der Waals surface area (Å²) in [5.74, 6) is -7.91. The number of fused-ring (bicyclic) bond motifs is 1. The number of rotatable bonds is 27. The number of benzene rings is 2. The predicted molar refractivity (Wildman–Crippen MR) is 232 cm³/mol. The molecular weight excluding hydrogens is 803 g/mol. The predicted octanol–water partition coefficient (Wildman–Crippen LogP) is -1.25. The summed E-state index contributed by atoms with van der Waals surface area (Å²) < 4.78 is 0. The van der Waals surface area contributed by atoms with Crippen LogP contribution < -0.4 is 48.7 Å². The number of nitrogens with one attached hydrogen (secondary N) is 7. The van der Waals surface area contributed by atoms with Gasteiger partial charge in [-0.15, -0.1) is 0 Å². The summed E-state index contributed by atoms with van der Waals surface area (Å²) in [4.78, 5) is 105. The first-order chi connectivity index (χ1) is 29.3. The van der Waals surface area contributed by atoms with E-state index in [9.17, 15) is 48.6 Å². The molecule has 0 spiro atoms. The number of carbonyl (C=O) groups excluding carboxylic acids is 8. The lowest BCUT2D eigenvalue weighted by Crippen LogP contribution is -2.62. The summed E-state index contributed by atoms with van der Waals surface area (Å²) in [6.45, 7) is 8.76. The van der Waals surface area contributed by atoms with E-state index in [1.807, 2.05) is 49.4 Å². The smallest absolute Gasteiger partial charge is 0.245 e. The van der Waals surface area contributed by atoms with Crippen LogP contribution in [0.4, 0.5) is 0 Å². The highest BCUT2D eigenvalue weighted by Crippen LogP contribution is 2.18. The van der Waals surface area contributed by atoms with Crippen molar-refractivity contribution in [3.8, 4) is 0 Å². The lowest BCUT2D eigenvalue weighted by molar-refractivity contribution is -0.137. The van der Waals surface area contributed by atoms with Crippen LogP contribution in [-0.4, -0.2) is 120 Å². The van der Waals surface area contributed by atoms with Gasteiger partial charge in [0.05, 0.1) is 19.3 Å². The Morgan fingerprint density at radius 3 is 1.42 bits per heavy atom. The van der Waals surface area contributed by atoms with E-state index in [2.05, 4.69) is 37.2 Å². The van der Waals surface area contributed by atoms with E-state index in [4.69, 9.17) is 11.5 Å². The molecule has 0 unspecified atom stereocenters. The molecule has 0 saturated carbocycles. The zero-order valence-electron chi connectivity index (χ0n) is 36.8. The van der Waals surface area contributed by atoms with Crippen LogP contribution in [0.1, 0.15) is 79.2 Å². The molecule has 13 N–H and O–H groups in total. The largest absolute Gasteiger partial charge is 0.394 e. The first-order valence-corrected chi connectivity index (χ1v) is 21.1. The zero-order chi connectivity index (χ0) is 46.7. The molecular formula is C43H67N9O10. The third kappa shape index (κ3) is 15.7. The van der Waals surface area contributed by atoms with Crippen LogP contribution >= 0.6 is 0 Å². The molecule has 0 bridgehead atoms. The molecule has 2 aromatic carbocycles. The molecule has 0 saturated heterocycles. The zero-order valence-corrected chi connectivity index (χ0v) is 36.8. The van der Waals surface area contributed by atoms with E-state index in [0.29, 0.717) is 25.7 Å². The van der Waals surface area contributed by atoms with Gasteiger partial charge in [-0.25, -0.2) is 0 Å². The third-order valence-electron chi connectivity index (χ3n) is 11.3. The minimum absolute atomic E-state index is 0.313. The minimum atomic E-state index is -1.61. The topological polar surface area (TPSA) is 313 Å². The molecule has 19 heteroatoms. The highest BCUT2D eigenvalue weighted by molar-refractivity contribution is 5.97. The van der Waals surface area contributed by atoms with Crippen molar-refractivity contribution in [2.45, 2.75) is 122 Å². The Hall–Kier alpha value is -5.66. The van der Waals surface area contributed by atoms with Crippen LogP contribution in [0.25, 0.3) is 10.8 Å². The number of hydrogen-bond donors (Lipinski definition) is 11. The van der Waals surface area contributed by atoms with Crippen molar-refractivity contribution in [1.82, 2.24) is 37.2 Å². The number of nitrogens with two attached hydrogens (primary N) is 2. The summed E-state index contributed by atoms with van der Waals surface area (Å²) in [7, 11) is 1.63. The maximum Gasteiger partial charge on any atom is 0.245 e. The van der Waals surface area contributed by atoms with Crippen LogP contribution in [0.2, 0.25) is 0 Å². The van der Waals surface area contributed by atoms with Crippen LogP contribution in [-0.2, 0) is 44.8 Å². The lowest BCUT2D eigenvalue weighted by atomic mass is 9.94. The number of amides is 8. The molecule has 2 aromatic rings. The van der Waals surface area contributed by atoms with Crippen molar-refractivity contribution in [1.29, 1.82) is 0 Å². The standard InChI is InChI=1S/C43H67N9O10/c1-8-23(4)34(51-39(58)30(46-7)20-26-15-16-27-13-11-12-14-28(27)19-26)42(61)49-32(22-54)40(59)47-29(17-18-33(44)55)38(57)50-36(25(6)10-3)43(62)52-35(24(5)9-2)41(60)48-31(21-53)37(45)56/h11-16,19,23-25,29-32,34-36,46,53-54H,8-10,17-18,20-22H2,1-7H3,(H2,44,55)(H2,45,56)(H,47,59)(H,48,60)(H,49,61)(H,50,57)(H,51,58)(H,52,62)/t23-,24-,25-,29+,30+,31-,32-,34-,35-,36+/m0/s1. The van der Waals surface area contributed by atoms with Gasteiger partial charge in [0, 0.05) is 6.42 Å². The van der Waals surface area contributed by atoms with E-state index < -0.39 is 121 Å². The normalized spacial score (nSPS) is 16.1. The Kier molecular flexibility index (Phi) is 22.0. The highest BCUT2D eigenvalue weighted by atomic mass is 16.3. The molecule has 62 heavy (non-hydrogen) atoms. The molecule has 19 nitrogen and oxygen atoms in total. The number of aliphatic hydroxyl groups is 2. The number of hydrogen-bond acceptors (Lipinski definition) is 11. The van der Waals surface area contributed by atoms with Crippen molar-refractivity contribution >= 4 is 58.0 Å². The van der Waals surface area contributed by atoms with E-state index in [0.717, 1.165) is 16.3 Å². The molecule has 2 rings (SSSR count). The Bertz CT molecular complexity index is 1860. The molecule has 0 radical (unpaired) electrons. The fraction of sp³-hybridized carbons (Fsp3) is 0.581. The average Bonchev–Trinajstić information content (AvgIpc) is 3.26. The fourth-order valence-corrected chi connectivity index (χ4v) is 6.54. The molecule has 344 valence electrons. The summed E-state index contributed by atoms with van der Waals surface area (Å²) in [5.41, 5.74) is 11.5. The first-order valence-electron chi connectivity index (χ1n) is 21.1. The van der Waals surface area contributed by atoms with Crippen LogP contribution in [0.15, 0.2) is 42.5 Å². The van der Waals surface area contributed by atoms with Gasteiger partial charge in [-0.2, -0.15) is 0 Å². The summed E-state index contributed by atoms with van der Waals surface area (Å²) >= 11 is 0. The van der Waals surface area contributed by atoms with E-state index in [1.54, 1.807) is 41.7 Å². The summed E-state index contributed by atoms with van der Waals surface area (Å²) in [6.07, 6.45) is 0.864. The van der Waals surface area contributed by atoms with E-state index in [-0.39, 0.29) is 12.8 Å². The van der Waals surface area contributed by atoms with Gasteiger partial charge in [-0.05, 0) is 54.0 Å². The number of likely N-dealkylation sites (N-methyl/N-ethyl adjacent to an activating group) is 1. The van der Waals surface area contributed by atoms with Gasteiger partial charge in [-0.3, -0.25) is 38.4 Å². The van der Waals surface area contributed by atoms with E-state index >= 15 is 0 Å². The first kappa shape index (κ1) is 52.5. The van der Waals surface area contributed by atoms with Gasteiger partial charge in [0.15, 0.2) is 0 Å². The van der Waals surface area contributed by atoms with Crippen LogP contribution in [0.5, 0.6) is 0 Å². The molecule has 0 aliphatic carbocycles. The Balaban J connectivity index is 2.28. The average molecular weight is 870 g/mol. The molecule has 0 aromatic heterocycles. The third-order valence-corrected chi connectivity index (χ3v) is 11.3. The lowest BCUT2D eigenvalue weighted by Gasteiger charge is -2.31. The number of carbonyl (C=O) groups is 8. The van der Waals surface area contributed by atoms with Gasteiger partial charge in [0.1, 0.15) is 36.3 Å². The minimum Gasteiger partial charge on any atom is -0.394 e. The second kappa shape index (κ2) is 26.0. The SMILES string of the molecule is CC[C@H](C)[C@H](NC(=O)[C@@H](Cc1ccc2ccccc2c1)NC)C(=O)N[C@@H](CO)C(=O)N[C@H](CCC(N)=O)C(=O)N[C@@H](C(=O)N[C@H](C(=O)N[C@@H](CO)C(N)=O)[C@@H](C)CC)[C@@H](C)CC. The second-order valence-corrected chi connectivity index (χ2v) is 15.8. The molecule has 8 amide bonds. The van der Waals surface area contributed by atoms with Crippen molar-refractivity contribution in [2.24, 2.45) is 29.2 Å². The fourth-order valence-electron chi connectivity index (χ4n) is 6.54. The van der Waals surface area contributed by atoms with Gasteiger partial charge in [-0.1, -0.05) is 103 Å². The van der Waals surface area contributed by atoms with Crippen molar-refractivity contribution in [3.63, 3.8) is 0 Å². The summed E-state index contributed by atoms with van der Waals surface area (Å²) in [6, 6.07) is 4.84. The van der Waals surface area contributed by atoms with Gasteiger partial charge < -0.3 is 58.9 Å². The van der Waals surface area contributed by atoms with Crippen molar-refractivity contribution < 1.29 is 48.6 Å². The summed E-state index contributed by atoms with van der Waals surface area (Å²) in [5, 5.41) is 40.1. The molecule has 10 atom stereocenters. The molecule has 0 aliphatic rings. The van der Waals surface area contributed by atoms with Crippen LogP contribution in [0, 0.1) is 17.8 Å². The highest BCUT2D eigenvalue weighted by Gasteiger charge is 2.36. The Morgan fingerprint density at radius 1 is 0.548 bits per heavy atom. The maximum atomic E-state index is 13.9. The molecule has 0 fully saturated rings. The Morgan fingerprint density at radius 2 is 0.968 bits per heavy atom. The monoisotopic (exact) mass is 870 g/mol. The number of aliphatic hydroxyl groups excluding tert-OH is 2. The van der Waals surface area contributed by atoms with Crippen molar-refractivity contribution in [3.05, 3.63) is 48.0 Å². The molecule has 0 heterocycles. The van der Waals surface area contributed by atoms with Crippen LogP contribution in [0.3, 0.4) is 0 Å². The van der Waals surface area contributed by atoms with Crippen molar-refractivity contribution in [2.75, 3.05) is 20.3 Å². The maximum absolute atomic E-state index is 13.9. The molecule has 0 aliphatic heterocycles.